The van der Waals surface area contributed by atoms with Crippen LogP contribution in [0.5, 0.6) is 0 Å². The summed E-state index contributed by atoms with van der Waals surface area (Å²) >= 11 is 0. The number of hydrogen-bond acceptors (Lipinski definition) is 9. The van der Waals surface area contributed by atoms with Crippen molar-refractivity contribution in [1.82, 2.24) is 0 Å². The second kappa shape index (κ2) is 14.9. The molecule has 0 aliphatic heterocycles. The van der Waals surface area contributed by atoms with Gasteiger partial charge in [-0.1, -0.05) is 13.2 Å². The highest BCUT2D eigenvalue weighted by Crippen LogP contribution is 2.60. The Morgan fingerprint density at radius 1 is 0.848 bits per heavy atom. The molecule has 192 valence electrons. The maximum atomic E-state index is 13.5. The standard InChI is InChI=1S/C21H38O10P2/c1-8-28-32(25,29-9-2)15-21(13-12-18(7)19(22)23,14-27-20(24)17(5)6)16-33(26,30-10-3)31-11-4/h5,7-16H2,1-4,6H3,(H,22,23). The average molecular weight is 512 g/mol. The molecule has 0 unspecified atom stereocenters. The van der Waals surface area contributed by atoms with E-state index in [1.165, 1.54) is 6.92 Å². The van der Waals surface area contributed by atoms with Crippen LogP contribution >= 0.6 is 15.2 Å². The topological polar surface area (TPSA) is 135 Å². The average Bonchev–Trinajstić information content (AvgIpc) is 2.70. The quantitative estimate of drug-likeness (QED) is 0.142. The van der Waals surface area contributed by atoms with E-state index in [0.717, 1.165) is 0 Å². The van der Waals surface area contributed by atoms with Gasteiger partial charge >= 0.3 is 27.1 Å². The third-order valence-electron chi connectivity index (χ3n) is 4.48. The Hall–Kier alpha value is -1.28. The lowest BCUT2D eigenvalue weighted by molar-refractivity contribution is -0.142. The number of carbonyl (C=O) groups is 2. The third-order valence-corrected chi connectivity index (χ3v) is 9.20. The zero-order valence-electron chi connectivity index (χ0n) is 20.3. The lowest BCUT2D eigenvalue weighted by Crippen LogP contribution is -2.37. The number of aliphatic carboxylic acids is 1. The molecule has 0 aromatic rings. The van der Waals surface area contributed by atoms with Crippen LogP contribution in [-0.4, -0.2) is 62.4 Å². The van der Waals surface area contributed by atoms with E-state index in [9.17, 15) is 23.8 Å². The number of esters is 1. The molecule has 0 heterocycles. The van der Waals surface area contributed by atoms with Crippen molar-refractivity contribution in [3.05, 3.63) is 24.3 Å². The first kappa shape index (κ1) is 31.7. The summed E-state index contributed by atoms with van der Waals surface area (Å²) in [6, 6.07) is 0. The molecule has 0 atom stereocenters. The Morgan fingerprint density at radius 3 is 1.55 bits per heavy atom. The van der Waals surface area contributed by atoms with E-state index in [1.54, 1.807) is 27.7 Å². The van der Waals surface area contributed by atoms with Gasteiger partial charge in [-0.15, -0.1) is 0 Å². The summed E-state index contributed by atoms with van der Waals surface area (Å²) < 4.78 is 54.1. The monoisotopic (exact) mass is 512 g/mol. The second-order valence-corrected chi connectivity index (χ2v) is 11.6. The normalized spacial score (nSPS) is 12.4. The first-order valence-corrected chi connectivity index (χ1v) is 14.3. The molecule has 0 spiro atoms. The number of carboxylic acids is 1. The van der Waals surface area contributed by atoms with E-state index in [4.69, 9.17) is 22.8 Å². The first-order chi connectivity index (χ1) is 15.3. The molecule has 12 heteroatoms. The largest absolute Gasteiger partial charge is 0.478 e. The zero-order valence-corrected chi connectivity index (χ0v) is 22.1. The van der Waals surface area contributed by atoms with E-state index in [1.807, 2.05) is 0 Å². The molecular formula is C21H38O10P2. The predicted octanol–water partition coefficient (Wildman–Crippen LogP) is 5.05. The van der Waals surface area contributed by atoms with E-state index >= 15 is 0 Å². The van der Waals surface area contributed by atoms with Gasteiger partial charge in [-0.3, -0.25) is 9.13 Å². The molecule has 0 fully saturated rings. The minimum Gasteiger partial charge on any atom is -0.478 e. The van der Waals surface area contributed by atoms with Gasteiger partial charge in [-0.25, -0.2) is 9.59 Å². The molecule has 0 amide bonds. The Bertz CT molecular complexity index is 693. The van der Waals surface area contributed by atoms with Crippen molar-refractivity contribution in [2.24, 2.45) is 5.41 Å². The summed E-state index contributed by atoms with van der Waals surface area (Å²) in [5.74, 6) is -1.92. The molecule has 0 saturated heterocycles. The fourth-order valence-corrected chi connectivity index (χ4v) is 7.73. The van der Waals surface area contributed by atoms with Crippen LogP contribution in [0.25, 0.3) is 0 Å². The molecule has 0 aromatic heterocycles. The third kappa shape index (κ3) is 11.6. The van der Waals surface area contributed by atoms with Crippen LogP contribution in [0.4, 0.5) is 0 Å². The lowest BCUT2D eigenvalue weighted by Gasteiger charge is -2.37. The number of carbonyl (C=O) groups excluding carboxylic acids is 1. The van der Waals surface area contributed by atoms with Gasteiger partial charge < -0.3 is 27.9 Å². The highest BCUT2D eigenvalue weighted by atomic mass is 31.2. The van der Waals surface area contributed by atoms with Gasteiger partial charge in [-0.05, 0) is 47.5 Å². The highest BCUT2D eigenvalue weighted by molar-refractivity contribution is 7.55. The summed E-state index contributed by atoms with van der Waals surface area (Å²) in [5.41, 5.74) is -1.31. The molecular weight excluding hydrogens is 474 g/mol. The van der Waals surface area contributed by atoms with Crippen LogP contribution in [0.2, 0.25) is 0 Å². The van der Waals surface area contributed by atoms with Gasteiger partial charge in [-0.2, -0.15) is 0 Å². The van der Waals surface area contributed by atoms with Crippen molar-refractivity contribution in [3.8, 4) is 0 Å². The van der Waals surface area contributed by atoms with E-state index in [-0.39, 0.29) is 69.3 Å². The van der Waals surface area contributed by atoms with E-state index < -0.39 is 32.5 Å². The number of ether oxygens (including phenoxy) is 1. The van der Waals surface area contributed by atoms with Gasteiger partial charge in [0.25, 0.3) is 0 Å². The van der Waals surface area contributed by atoms with Gasteiger partial charge in [0, 0.05) is 16.6 Å². The Kier molecular flexibility index (Phi) is 14.3. The van der Waals surface area contributed by atoms with Crippen molar-refractivity contribution in [2.45, 2.75) is 47.5 Å². The van der Waals surface area contributed by atoms with Gasteiger partial charge in [0.1, 0.15) is 0 Å². The van der Waals surface area contributed by atoms with Crippen LogP contribution in [-0.2, 0) is 41.6 Å². The second-order valence-electron chi connectivity index (χ2n) is 7.47. The molecule has 0 saturated carbocycles. The summed E-state index contributed by atoms with van der Waals surface area (Å²) in [4.78, 5) is 23.5. The first-order valence-electron chi connectivity index (χ1n) is 10.8. The molecule has 0 bridgehead atoms. The van der Waals surface area contributed by atoms with Crippen molar-refractivity contribution in [2.75, 3.05) is 45.4 Å². The van der Waals surface area contributed by atoms with Gasteiger partial charge in [0.05, 0.1) is 45.4 Å². The molecule has 0 rings (SSSR count). The maximum absolute atomic E-state index is 13.5. The molecule has 0 aliphatic rings. The van der Waals surface area contributed by atoms with Gasteiger partial charge in [0.2, 0.25) is 0 Å². The fraction of sp³-hybridized carbons (Fsp3) is 0.714. The Morgan fingerprint density at radius 2 is 1.24 bits per heavy atom. The number of carboxylic acid groups (broad SMARTS) is 1. The minimum absolute atomic E-state index is 0.00409. The van der Waals surface area contributed by atoms with Gasteiger partial charge in [0.15, 0.2) is 0 Å². The summed E-state index contributed by atoms with van der Waals surface area (Å²) in [7, 11) is -7.51. The van der Waals surface area contributed by atoms with E-state index in [0.29, 0.717) is 0 Å². The Labute approximate surface area is 196 Å². The molecule has 10 nitrogen and oxygen atoms in total. The molecule has 0 aliphatic carbocycles. The lowest BCUT2D eigenvalue weighted by atomic mass is 9.86. The van der Waals surface area contributed by atoms with Crippen molar-refractivity contribution >= 4 is 27.1 Å². The molecule has 0 radical (unpaired) electrons. The van der Waals surface area contributed by atoms with Crippen molar-refractivity contribution in [1.29, 1.82) is 0 Å². The smallest absolute Gasteiger partial charge is 0.333 e. The SMILES string of the molecule is C=C(C)C(=O)OCC(CCC(=C)C(=O)O)(CP(=O)(OCC)OCC)CP(=O)(OCC)OCC. The predicted molar refractivity (Wildman–Crippen MR) is 126 cm³/mol. The van der Waals surface area contributed by atoms with Crippen LogP contribution in [0.15, 0.2) is 24.3 Å². The van der Waals surface area contributed by atoms with Crippen LogP contribution in [0, 0.1) is 5.41 Å². The van der Waals surface area contributed by atoms with Crippen molar-refractivity contribution in [3.63, 3.8) is 0 Å². The highest BCUT2D eigenvalue weighted by Gasteiger charge is 2.47. The summed E-state index contributed by atoms with van der Waals surface area (Å²) in [6.45, 7) is 15.1. The van der Waals surface area contributed by atoms with Crippen LogP contribution in [0.1, 0.15) is 47.5 Å². The number of rotatable bonds is 19. The zero-order chi connectivity index (χ0) is 25.7. The molecule has 33 heavy (non-hydrogen) atoms. The fourth-order valence-electron chi connectivity index (χ4n) is 3.10. The molecule has 0 aromatic carbocycles. The number of hydrogen-bond donors (Lipinski definition) is 1. The summed E-state index contributed by atoms with van der Waals surface area (Å²) in [5, 5.41) is 9.27. The van der Waals surface area contributed by atoms with Crippen molar-refractivity contribution < 1.29 is 46.7 Å². The summed E-state index contributed by atoms with van der Waals surface area (Å²) in [6.07, 6.45) is -0.670. The minimum atomic E-state index is -3.76. The Balaban J connectivity index is 6.49. The van der Waals surface area contributed by atoms with Crippen LogP contribution < -0.4 is 0 Å². The molecule has 1 N–H and O–H groups in total. The van der Waals surface area contributed by atoms with Crippen LogP contribution in [0.3, 0.4) is 0 Å². The maximum Gasteiger partial charge on any atom is 0.333 e. The van der Waals surface area contributed by atoms with E-state index in [2.05, 4.69) is 13.2 Å².